The molecule has 0 aliphatic carbocycles. The van der Waals surface area contributed by atoms with Crippen LogP contribution in [0, 0.1) is 25.7 Å². The monoisotopic (exact) mass is 1210 g/mol. The van der Waals surface area contributed by atoms with Gasteiger partial charge in [0.05, 0.1) is 38.0 Å². The first-order valence-corrected chi connectivity index (χ1v) is 29.4. The van der Waals surface area contributed by atoms with Crippen LogP contribution in [0.15, 0.2) is 69.3 Å². The van der Waals surface area contributed by atoms with E-state index >= 15 is 8.63 Å². The summed E-state index contributed by atoms with van der Waals surface area (Å²) in [6, 6.07) is 7.74. The molecule has 0 radical (unpaired) electrons. The van der Waals surface area contributed by atoms with Crippen molar-refractivity contribution in [2.45, 2.75) is 64.7 Å². The van der Waals surface area contributed by atoms with Crippen molar-refractivity contribution >= 4 is 65.5 Å². The minimum atomic E-state index is -5.60. The van der Waals surface area contributed by atoms with Crippen LogP contribution < -0.4 is 37.0 Å². The Bertz CT molecular complexity index is 3300. The van der Waals surface area contributed by atoms with Crippen LogP contribution in [0.4, 0.5) is 14.4 Å². The minimum absolute atomic E-state index is 0.00971. The molecule has 2 aliphatic rings. The zero-order chi connectivity index (χ0) is 60.3. The number of halogens is 2. The van der Waals surface area contributed by atoms with Gasteiger partial charge >= 0.3 is 35.9 Å². The fourth-order valence-electron chi connectivity index (χ4n) is 7.73. The van der Waals surface area contributed by atoms with E-state index in [4.69, 9.17) is 45.0 Å². The van der Waals surface area contributed by atoms with Crippen molar-refractivity contribution in [1.82, 2.24) is 30.0 Å². The lowest BCUT2D eigenvalue weighted by molar-refractivity contribution is -0.341. The van der Waals surface area contributed by atoms with Gasteiger partial charge in [0.2, 0.25) is 11.8 Å². The number of amides is 3. The number of hydrogen-bond acceptors (Lipinski definition) is 19. The van der Waals surface area contributed by atoms with Gasteiger partial charge < -0.3 is 78.1 Å². The molecule has 1 fully saturated rings. The molecule has 32 nitrogen and oxygen atoms in total. The summed E-state index contributed by atoms with van der Waals surface area (Å²) < 4.78 is 109. The van der Waals surface area contributed by atoms with Crippen molar-refractivity contribution in [3.8, 4) is 17.6 Å². The van der Waals surface area contributed by atoms with Crippen molar-refractivity contribution in [3.05, 3.63) is 114 Å². The molecule has 82 heavy (non-hydrogen) atoms. The van der Waals surface area contributed by atoms with Crippen LogP contribution in [0.2, 0.25) is 0 Å². The number of anilines is 1. The molecule has 5 rings (SSSR count). The highest BCUT2D eigenvalue weighted by Gasteiger charge is 2.44. The number of rotatable bonds is 29. The van der Waals surface area contributed by atoms with Gasteiger partial charge in [-0.15, -0.1) is 0 Å². The van der Waals surface area contributed by atoms with E-state index in [0.717, 1.165) is 20.8 Å². The number of aromatic nitrogens is 3. The number of nitrogens with zero attached hydrogens (tertiary/aromatic N) is 9. The molecule has 3 aromatic rings. The lowest BCUT2D eigenvalue weighted by Gasteiger charge is -2.21. The number of phosphoric acid groups is 2. The number of phosphoric ester groups is 1. The molecule has 2 aliphatic heterocycles. The quantitative estimate of drug-likeness (QED) is 0.00941. The first-order chi connectivity index (χ1) is 38.7. The number of aryl methyl sites for hydroxylation is 2. The Morgan fingerprint density at radius 1 is 1.04 bits per heavy atom. The van der Waals surface area contributed by atoms with Crippen LogP contribution in [-0.2, 0) is 55.4 Å². The Labute approximate surface area is 465 Å². The number of hydrogen-bond donors (Lipinski definition) is 8. The van der Waals surface area contributed by atoms with Crippen LogP contribution >= 0.6 is 23.2 Å². The molecule has 2 aromatic heterocycles. The molecule has 1 saturated heterocycles. The molecule has 38 heteroatoms. The van der Waals surface area contributed by atoms with Crippen LogP contribution in [0.25, 0.3) is 27.0 Å². The number of nitrogens with two attached hydrogens (primary N) is 1. The molecule has 9 N–H and O–H groups in total. The average Bonchev–Trinajstić information content (AvgIpc) is 3.93. The van der Waals surface area contributed by atoms with E-state index < -0.39 is 98.2 Å². The summed E-state index contributed by atoms with van der Waals surface area (Å²) in [5.41, 5.74) is 25.4. The zero-order valence-electron chi connectivity index (χ0n) is 44.2. The molecular formula is C44H58BF2N14O18P3. The number of ether oxygens (including phenoxy) is 5. The van der Waals surface area contributed by atoms with Crippen LogP contribution in [0.5, 0.6) is 5.75 Å². The van der Waals surface area contributed by atoms with Gasteiger partial charge in [0.25, 0.3) is 5.91 Å². The number of fused-ring (bicyclic) bond motifs is 1. The van der Waals surface area contributed by atoms with Gasteiger partial charge in [0, 0.05) is 72.4 Å². The molecule has 5 unspecified atom stereocenters. The van der Waals surface area contributed by atoms with Gasteiger partial charge in [-0.3, -0.25) is 28.0 Å². The summed E-state index contributed by atoms with van der Waals surface area (Å²) >= 11 is 0. The molecule has 0 saturated carbocycles. The number of carbonyl (C=O) groups excluding carboxylic acids is 3. The fraction of sp³-hybridized carbons (Fsp3) is 0.455. The topological polar surface area (TPSA) is 450 Å². The largest absolute Gasteiger partial charge is 0.730 e. The first kappa shape index (κ1) is 65.7. The predicted octanol–water partition coefficient (Wildman–Crippen LogP) is 2.51. The third-order valence-corrected chi connectivity index (χ3v) is 15.4. The number of nitrogens with one attached hydrogen (secondary N) is 4. The summed E-state index contributed by atoms with van der Waals surface area (Å²) in [5, 5.41) is 14.6. The summed E-state index contributed by atoms with van der Waals surface area (Å²) in [6.07, 6.45) is 0.965. The Balaban J connectivity index is 1.01. The Morgan fingerprint density at radius 2 is 1.79 bits per heavy atom. The maximum Gasteiger partial charge on any atom is 0.730 e. The molecule has 7 atom stereocenters. The van der Waals surface area contributed by atoms with Crippen LogP contribution in [-0.4, -0.2) is 144 Å². The molecular weight excluding hydrogens is 1150 g/mol. The Morgan fingerprint density at radius 3 is 2.52 bits per heavy atom. The van der Waals surface area contributed by atoms with Crippen molar-refractivity contribution in [2.24, 2.45) is 10.2 Å². The number of azide groups is 2. The number of carbonyl (C=O) groups is 3. The molecule has 1 aromatic carbocycles. The predicted molar refractivity (Wildman–Crippen MR) is 286 cm³/mol. The maximum absolute atomic E-state index is 15.5. The highest BCUT2D eigenvalue weighted by Crippen LogP contribution is 2.66. The molecule has 0 bridgehead atoms. The van der Waals surface area contributed by atoms with Crippen molar-refractivity contribution in [3.63, 3.8) is 0 Å². The average molecular weight is 1210 g/mol. The second kappa shape index (κ2) is 30.3. The van der Waals surface area contributed by atoms with E-state index in [-0.39, 0.29) is 87.1 Å². The first-order valence-electron chi connectivity index (χ1n) is 24.4. The standard InChI is InChI=1S/C44H58BF2N14O18P3/c1-28-10-11-33(56-45(46,47)61-30(3)20-29(2)35(61)19-28)12-13-38(62)52-15-16-53-43(64)31-7-5-9-34(21-31)74-26-40(57-59-50)73-18-17-72-25-39(63)51-14-6-8-32-23-60(44(65)55-42(32)48)41-22-36(75-27-54-58-49)37(77-41)24-76-81(68,69)79-82(70,71)78-80(4,66)67/h5,7,9-11,19-21,23,36-37,40-41,56H,12-18,22,24-27H2,1-4H3,(H,51,63)(H,52,62)(H,53,64)(H,66,67)(H,68,69)(H,70,71)(H2,48,55,65)/b11-10-,28-19+,56-33-/t36?,37-,40?,41-/m1/s1. The zero-order valence-corrected chi connectivity index (χ0v) is 46.9. The van der Waals surface area contributed by atoms with E-state index in [9.17, 15) is 47.6 Å². The smallest absolute Gasteiger partial charge is 0.491 e. The number of allylic oxidation sites excluding steroid dienone is 3. The van der Waals surface area contributed by atoms with Crippen LogP contribution in [0.3, 0.4) is 0 Å². The van der Waals surface area contributed by atoms with Gasteiger partial charge in [0.1, 0.15) is 49.6 Å². The van der Waals surface area contributed by atoms with Crippen molar-refractivity contribution < 1.29 is 93.1 Å². The normalized spacial score (nSPS) is 20.6. The van der Waals surface area contributed by atoms with E-state index in [1.165, 1.54) is 18.2 Å². The minimum Gasteiger partial charge on any atom is -0.491 e. The van der Waals surface area contributed by atoms with Gasteiger partial charge in [-0.25, -0.2) is 18.2 Å². The fourth-order valence-corrected chi connectivity index (χ4v) is 11.2. The summed E-state index contributed by atoms with van der Waals surface area (Å²) in [5.74, 6) is 3.69. The summed E-state index contributed by atoms with van der Waals surface area (Å²) in [7, 11) is -15.8. The molecule has 3 amide bonds. The van der Waals surface area contributed by atoms with Gasteiger partial charge in [-0.1, -0.05) is 34.2 Å². The third-order valence-electron chi connectivity index (χ3n) is 11.2. The SMILES string of the molecule is CC1=C\c2c(C)cc(C)n2[B-](F)(F)/[NH+]=C(CCC(=O)NCCNC(=O)c2cccc(OCC(N=[N+]=[N-])OCCOCC(=O)NCC#Cc3cn([C@H]4CC(OCN=[N+]=[N-])[C@@H](COP(=O)(O)OP(=O)(O)OP(C)(=O)O)O4)c(=O)nc3N)c2)/C=C\1. The second-order valence-corrected chi connectivity index (χ2v) is 22.7. The van der Waals surface area contributed by atoms with Crippen LogP contribution in [0.1, 0.15) is 65.3 Å². The molecule has 444 valence electrons. The van der Waals surface area contributed by atoms with Crippen molar-refractivity contribution in [1.29, 1.82) is 0 Å². The molecule has 0 spiro atoms. The summed E-state index contributed by atoms with van der Waals surface area (Å²) in [6.45, 7) is -1.17. The highest BCUT2D eigenvalue weighted by atomic mass is 31.3. The van der Waals surface area contributed by atoms with Gasteiger partial charge in [0.15, 0.2) is 6.23 Å². The van der Waals surface area contributed by atoms with E-state index in [1.807, 2.05) is 0 Å². The Kier molecular flexibility index (Phi) is 24.3. The maximum atomic E-state index is 15.5. The van der Waals surface area contributed by atoms with E-state index in [0.29, 0.717) is 23.6 Å². The lowest BCUT2D eigenvalue weighted by atomic mass is 9.96. The lowest BCUT2D eigenvalue weighted by Crippen LogP contribution is -2.91. The Hall–Kier alpha value is -7.07. The highest BCUT2D eigenvalue weighted by molar-refractivity contribution is 7.68. The van der Waals surface area contributed by atoms with E-state index in [1.54, 1.807) is 51.1 Å². The van der Waals surface area contributed by atoms with Crippen molar-refractivity contribution in [2.75, 3.05) is 71.8 Å². The van der Waals surface area contributed by atoms with Gasteiger partial charge in [-0.05, 0) is 79.0 Å². The second-order valence-electron chi connectivity index (χ2n) is 17.7. The number of benzene rings is 1. The third kappa shape index (κ3) is 21.4. The number of nitrogen functional groups attached to an aromatic ring is 1. The molecule has 4 heterocycles. The summed E-state index contributed by atoms with van der Waals surface area (Å²) in [4.78, 5) is 91.0. The van der Waals surface area contributed by atoms with Gasteiger partial charge in [-0.2, -0.15) is 9.29 Å². The van der Waals surface area contributed by atoms with E-state index in [2.05, 4.69) is 66.4 Å².